The number of likely N-dealkylation sites (tertiary alicyclic amines) is 1. The summed E-state index contributed by atoms with van der Waals surface area (Å²) in [6.07, 6.45) is -0.126. The topological polar surface area (TPSA) is 61.1 Å². The minimum Gasteiger partial charge on any atom is -0.314 e. The Bertz CT molecular complexity index is 826. The number of nitriles is 1. The van der Waals surface area contributed by atoms with Crippen molar-refractivity contribution in [2.24, 2.45) is 0 Å². The summed E-state index contributed by atoms with van der Waals surface area (Å²) in [5.41, 5.74) is 1.18. The van der Waals surface area contributed by atoms with E-state index in [1.165, 1.54) is 0 Å². The van der Waals surface area contributed by atoms with Crippen molar-refractivity contribution in [2.75, 3.05) is 26.7 Å². The first-order valence-corrected chi connectivity index (χ1v) is 8.20. The van der Waals surface area contributed by atoms with Crippen molar-refractivity contribution in [1.82, 2.24) is 14.8 Å². The van der Waals surface area contributed by atoms with Crippen LogP contribution in [0.4, 0.5) is 4.39 Å². The van der Waals surface area contributed by atoms with Crippen molar-refractivity contribution < 1.29 is 4.39 Å². The Morgan fingerprint density at radius 2 is 2.12 bits per heavy atom. The molecule has 2 unspecified atom stereocenters. The van der Waals surface area contributed by atoms with Crippen molar-refractivity contribution in [1.29, 1.82) is 5.26 Å². The molecular formula is C18H21FN4O. The minimum absolute atomic E-state index is 0.0836. The van der Waals surface area contributed by atoms with Crippen LogP contribution in [-0.4, -0.2) is 48.4 Å². The lowest BCUT2D eigenvalue weighted by Gasteiger charge is -2.34. The molecule has 1 aliphatic heterocycles. The first kappa shape index (κ1) is 16.6. The zero-order chi connectivity index (χ0) is 17.1. The van der Waals surface area contributed by atoms with Gasteiger partial charge in [-0.2, -0.15) is 5.26 Å². The van der Waals surface area contributed by atoms with Crippen LogP contribution in [0.15, 0.2) is 35.1 Å². The number of nitrogens with zero attached hydrogens (tertiary/aromatic N) is 3. The first-order valence-electron chi connectivity index (χ1n) is 8.20. The smallest absolute Gasteiger partial charge is 0.251 e. The number of rotatable bonds is 4. The molecule has 0 spiro atoms. The molecule has 0 radical (unpaired) electrons. The number of benzene rings is 1. The van der Waals surface area contributed by atoms with Gasteiger partial charge in [0.05, 0.1) is 17.1 Å². The zero-order valence-corrected chi connectivity index (χ0v) is 13.7. The molecule has 2 aromatic rings. The molecule has 1 aromatic carbocycles. The molecule has 6 heteroatoms. The molecule has 1 N–H and O–H groups in total. The number of nitrogens with one attached hydrogen (secondary N) is 1. The summed E-state index contributed by atoms with van der Waals surface area (Å²) in [7, 11) is 1.79. The molecule has 24 heavy (non-hydrogen) atoms. The molecule has 1 aliphatic rings. The van der Waals surface area contributed by atoms with Crippen molar-refractivity contribution in [3.8, 4) is 6.07 Å². The highest BCUT2D eigenvalue weighted by Crippen LogP contribution is 2.16. The summed E-state index contributed by atoms with van der Waals surface area (Å²) in [5.74, 6) is 0. The first-order chi connectivity index (χ1) is 11.6. The Balaban J connectivity index is 1.79. The third-order valence-electron chi connectivity index (χ3n) is 4.76. The number of pyridine rings is 1. The maximum absolute atomic E-state index is 14.0. The van der Waals surface area contributed by atoms with Gasteiger partial charge in [-0.05, 0) is 43.6 Å². The largest absolute Gasteiger partial charge is 0.314 e. The number of hydrogen-bond acceptors (Lipinski definition) is 4. The van der Waals surface area contributed by atoms with Crippen LogP contribution >= 0.6 is 0 Å². The van der Waals surface area contributed by atoms with Crippen molar-refractivity contribution in [3.05, 3.63) is 46.2 Å². The summed E-state index contributed by atoms with van der Waals surface area (Å²) in [6.45, 7) is 2.30. The van der Waals surface area contributed by atoms with Gasteiger partial charge in [0.25, 0.3) is 5.56 Å². The average molecular weight is 328 g/mol. The molecular weight excluding hydrogens is 307 g/mol. The van der Waals surface area contributed by atoms with E-state index in [-0.39, 0.29) is 11.6 Å². The fraction of sp³-hybridized carbons (Fsp3) is 0.444. The lowest BCUT2D eigenvalue weighted by molar-refractivity contribution is 0.104. The van der Waals surface area contributed by atoms with Gasteiger partial charge in [-0.25, -0.2) is 4.39 Å². The Kier molecular flexibility index (Phi) is 4.93. The van der Waals surface area contributed by atoms with E-state index in [9.17, 15) is 9.18 Å². The normalized spacial score (nSPS) is 21.7. The maximum atomic E-state index is 14.0. The predicted octanol–water partition coefficient (Wildman–Crippen LogP) is 1.50. The van der Waals surface area contributed by atoms with Crippen LogP contribution in [0.3, 0.4) is 0 Å². The molecule has 5 nitrogen and oxygen atoms in total. The van der Waals surface area contributed by atoms with Gasteiger partial charge in [-0.15, -0.1) is 0 Å². The lowest BCUT2D eigenvalue weighted by atomic mass is 10.0. The number of fused-ring (bicyclic) bond motifs is 1. The highest BCUT2D eigenvalue weighted by atomic mass is 19.1. The number of halogens is 1. The Labute approximate surface area is 140 Å². The van der Waals surface area contributed by atoms with E-state index >= 15 is 0 Å². The monoisotopic (exact) mass is 328 g/mol. The van der Waals surface area contributed by atoms with Gasteiger partial charge in [0.1, 0.15) is 6.17 Å². The second kappa shape index (κ2) is 7.12. The number of hydrogen-bond donors (Lipinski definition) is 1. The zero-order valence-electron chi connectivity index (χ0n) is 13.7. The summed E-state index contributed by atoms with van der Waals surface area (Å²) >= 11 is 0. The van der Waals surface area contributed by atoms with Crippen LogP contribution in [0.5, 0.6) is 0 Å². The standard InChI is InChI=1S/C18H21FN4O/c1-21-16-6-7-22(12-15(16)19)8-9-23-17-10-13(11-20)2-3-14(17)4-5-18(23)24/h2-5,10,15-16,21H,6-9,12H2,1H3. The number of alkyl halides is 1. The fourth-order valence-electron chi connectivity index (χ4n) is 3.33. The van der Waals surface area contributed by atoms with Crippen LogP contribution in [0.2, 0.25) is 0 Å². The van der Waals surface area contributed by atoms with Gasteiger partial charge in [0.15, 0.2) is 0 Å². The van der Waals surface area contributed by atoms with Crippen LogP contribution in [0.1, 0.15) is 12.0 Å². The molecule has 126 valence electrons. The molecule has 1 aromatic heterocycles. The second-order valence-corrected chi connectivity index (χ2v) is 6.21. The Morgan fingerprint density at radius 3 is 2.83 bits per heavy atom. The molecule has 0 amide bonds. The quantitative estimate of drug-likeness (QED) is 0.924. The minimum atomic E-state index is -0.891. The van der Waals surface area contributed by atoms with Crippen LogP contribution in [-0.2, 0) is 6.54 Å². The molecule has 1 saturated heterocycles. The molecule has 1 fully saturated rings. The van der Waals surface area contributed by atoms with Crippen LogP contribution in [0, 0.1) is 11.3 Å². The predicted molar refractivity (Wildman–Crippen MR) is 91.7 cm³/mol. The molecule has 0 saturated carbocycles. The van der Waals surface area contributed by atoms with Crippen LogP contribution in [0.25, 0.3) is 10.9 Å². The second-order valence-electron chi connectivity index (χ2n) is 6.21. The summed E-state index contributed by atoms with van der Waals surface area (Å²) in [4.78, 5) is 14.3. The Hall–Kier alpha value is -2.23. The fourth-order valence-corrected chi connectivity index (χ4v) is 3.33. The Morgan fingerprint density at radius 1 is 1.33 bits per heavy atom. The van der Waals surface area contributed by atoms with E-state index in [1.807, 2.05) is 6.07 Å². The van der Waals surface area contributed by atoms with E-state index in [2.05, 4.69) is 16.3 Å². The number of aromatic nitrogens is 1. The SMILES string of the molecule is CNC1CCN(CCn2c(=O)ccc3ccc(C#N)cc32)CC1F. The van der Waals surface area contributed by atoms with Gasteiger partial charge >= 0.3 is 0 Å². The van der Waals surface area contributed by atoms with Gasteiger partial charge < -0.3 is 9.88 Å². The summed E-state index contributed by atoms with van der Waals surface area (Å²) < 4.78 is 15.7. The molecule has 2 heterocycles. The third-order valence-corrected chi connectivity index (χ3v) is 4.76. The lowest BCUT2D eigenvalue weighted by Crippen LogP contribution is -2.50. The molecule has 0 aliphatic carbocycles. The number of piperidine rings is 1. The van der Waals surface area contributed by atoms with Gasteiger partial charge in [-0.3, -0.25) is 9.69 Å². The van der Waals surface area contributed by atoms with Crippen LogP contribution < -0.4 is 10.9 Å². The summed E-state index contributed by atoms with van der Waals surface area (Å²) in [5, 5.41) is 13.0. The van der Waals surface area contributed by atoms with E-state index in [1.54, 1.807) is 35.9 Å². The van der Waals surface area contributed by atoms with Crippen molar-refractivity contribution in [3.63, 3.8) is 0 Å². The van der Waals surface area contributed by atoms with E-state index in [4.69, 9.17) is 5.26 Å². The van der Waals surface area contributed by atoms with E-state index in [0.717, 1.165) is 23.9 Å². The molecule has 2 atom stereocenters. The van der Waals surface area contributed by atoms with Gasteiger partial charge in [0.2, 0.25) is 0 Å². The molecule has 0 bridgehead atoms. The maximum Gasteiger partial charge on any atom is 0.251 e. The summed E-state index contributed by atoms with van der Waals surface area (Å²) in [6, 6.07) is 10.7. The van der Waals surface area contributed by atoms with E-state index in [0.29, 0.717) is 25.2 Å². The highest BCUT2D eigenvalue weighted by Gasteiger charge is 2.27. The highest BCUT2D eigenvalue weighted by molar-refractivity contribution is 5.80. The average Bonchev–Trinajstić information content (AvgIpc) is 2.60. The van der Waals surface area contributed by atoms with E-state index < -0.39 is 6.17 Å². The van der Waals surface area contributed by atoms with Crippen molar-refractivity contribution >= 4 is 10.9 Å². The van der Waals surface area contributed by atoms with Gasteiger partial charge in [-0.1, -0.05) is 6.07 Å². The molecule has 3 rings (SSSR count). The third kappa shape index (κ3) is 3.32. The van der Waals surface area contributed by atoms with Crippen molar-refractivity contribution in [2.45, 2.75) is 25.2 Å². The van der Waals surface area contributed by atoms with Gasteiger partial charge in [0, 0.05) is 31.7 Å².